The number of aromatic amines is 1. The van der Waals surface area contributed by atoms with Crippen LogP contribution in [0.4, 0.5) is 18.9 Å². The van der Waals surface area contributed by atoms with Gasteiger partial charge in [-0.25, -0.2) is 26.5 Å². The van der Waals surface area contributed by atoms with Crippen molar-refractivity contribution < 1.29 is 39.5 Å². The van der Waals surface area contributed by atoms with Crippen molar-refractivity contribution in [3.8, 4) is 11.5 Å². The Balaban J connectivity index is 1.36. The number of H-pyrrole nitrogens is 1. The number of sulfone groups is 1. The van der Waals surface area contributed by atoms with E-state index in [1.807, 2.05) is 0 Å². The second kappa shape index (κ2) is 13.0. The van der Waals surface area contributed by atoms with Gasteiger partial charge < -0.3 is 25.3 Å². The number of pyridine rings is 1. The number of para-hydroxylation sites is 1. The van der Waals surface area contributed by atoms with Crippen molar-refractivity contribution >= 4 is 42.5 Å². The number of amides is 1. The van der Waals surface area contributed by atoms with Gasteiger partial charge in [-0.3, -0.25) is 4.79 Å². The fourth-order valence-electron chi connectivity index (χ4n) is 4.70. The minimum atomic E-state index is -5.97. The van der Waals surface area contributed by atoms with Crippen molar-refractivity contribution in [2.24, 2.45) is 0 Å². The first-order chi connectivity index (χ1) is 21.3. The van der Waals surface area contributed by atoms with Crippen LogP contribution in [0.2, 0.25) is 0 Å². The minimum absolute atomic E-state index is 0.0254. The fraction of sp³-hybridized carbons (Fsp3) is 0.286. The zero-order valence-electron chi connectivity index (χ0n) is 23.6. The molecule has 240 valence electrons. The number of nitrogens with zero attached hydrogens (tertiary/aromatic N) is 2. The van der Waals surface area contributed by atoms with Gasteiger partial charge in [0.2, 0.25) is 0 Å². The molecular weight excluding hydrogens is 637 g/mol. The van der Waals surface area contributed by atoms with Gasteiger partial charge in [0, 0.05) is 44.3 Å². The van der Waals surface area contributed by atoms with Crippen molar-refractivity contribution in [2.75, 3.05) is 44.6 Å². The molecule has 0 spiro atoms. The van der Waals surface area contributed by atoms with Crippen molar-refractivity contribution in [1.82, 2.24) is 24.9 Å². The number of fused-ring (bicyclic) bond motifs is 1. The number of ether oxygens (including phenoxy) is 1. The summed E-state index contributed by atoms with van der Waals surface area (Å²) in [6, 6.07) is 11.3. The molecule has 1 fully saturated rings. The summed E-state index contributed by atoms with van der Waals surface area (Å²) < 4.78 is 99.7. The van der Waals surface area contributed by atoms with Gasteiger partial charge in [-0.1, -0.05) is 12.1 Å². The van der Waals surface area contributed by atoms with Gasteiger partial charge >= 0.3 is 5.51 Å². The smallest absolute Gasteiger partial charge is 0.455 e. The third-order valence-electron chi connectivity index (χ3n) is 7.00. The number of benzene rings is 2. The molecule has 1 saturated heterocycles. The zero-order valence-corrected chi connectivity index (χ0v) is 25.2. The normalized spacial score (nSPS) is 14.7. The van der Waals surface area contributed by atoms with Crippen LogP contribution in [0.15, 0.2) is 76.8 Å². The first-order valence-electron chi connectivity index (χ1n) is 13.7. The molecule has 3 heterocycles. The van der Waals surface area contributed by atoms with Crippen LogP contribution in [0.3, 0.4) is 0 Å². The first-order valence-corrected chi connectivity index (χ1v) is 16.7. The van der Waals surface area contributed by atoms with Crippen molar-refractivity contribution in [3.05, 3.63) is 72.6 Å². The summed E-state index contributed by atoms with van der Waals surface area (Å²) in [5.74, 6) is -0.928. The van der Waals surface area contributed by atoms with Crippen LogP contribution in [0.25, 0.3) is 11.0 Å². The average molecular weight is 667 g/mol. The van der Waals surface area contributed by atoms with E-state index >= 15 is 0 Å². The third kappa shape index (κ3) is 7.38. The number of carbonyl (C=O) groups is 1. The standard InChI is InChI=1S/C28H29F3N6O6S2/c29-28(30,31)44(39,40)25-17-21(6-7-23(25)33-9-3-13-37-14-11-32-12-15-37)45(41,42)36-27(38)22-4-1-2-5-24(22)43-20-16-19-8-10-34-26(19)35-18-20/h1-2,4-8,10,16-18,32-33H,3,9,11-15H2,(H,34,35)(H,36,38). The quantitative estimate of drug-likeness (QED) is 0.174. The topological polar surface area (TPSA) is 163 Å². The van der Waals surface area contributed by atoms with Gasteiger partial charge in [-0.15, -0.1) is 0 Å². The molecule has 17 heteroatoms. The van der Waals surface area contributed by atoms with Crippen LogP contribution in [0.1, 0.15) is 16.8 Å². The molecule has 0 unspecified atom stereocenters. The Bertz CT molecular complexity index is 1910. The molecule has 1 aliphatic rings. The van der Waals surface area contributed by atoms with E-state index in [0.717, 1.165) is 43.7 Å². The summed E-state index contributed by atoms with van der Waals surface area (Å²) in [4.78, 5) is 20.3. The predicted octanol–water partition coefficient (Wildman–Crippen LogP) is 3.47. The molecule has 0 atom stereocenters. The lowest BCUT2D eigenvalue weighted by atomic mass is 10.2. The number of aromatic nitrogens is 2. The highest BCUT2D eigenvalue weighted by Crippen LogP contribution is 2.36. The Morgan fingerprint density at radius 3 is 2.53 bits per heavy atom. The largest absolute Gasteiger partial charge is 0.501 e. The van der Waals surface area contributed by atoms with E-state index in [9.17, 15) is 34.8 Å². The van der Waals surface area contributed by atoms with E-state index in [1.165, 1.54) is 24.4 Å². The molecule has 5 rings (SSSR count). The SMILES string of the molecule is O=C(NS(=O)(=O)c1ccc(NCCCN2CCNCC2)c(S(=O)(=O)C(F)(F)F)c1)c1ccccc1Oc1cnc2[nH]ccc2c1. The molecular formula is C28H29F3N6O6S2. The fourth-order valence-corrected chi connectivity index (χ4v) is 6.73. The lowest BCUT2D eigenvalue weighted by Gasteiger charge is -2.27. The van der Waals surface area contributed by atoms with Gasteiger partial charge in [-0.2, -0.15) is 13.2 Å². The van der Waals surface area contributed by atoms with E-state index in [4.69, 9.17) is 4.74 Å². The number of piperazine rings is 1. The number of hydrogen-bond donors (Lipinski definition) is 4. The van der Waals surface area contributed by atoms with E-state index in [-0.39, 0.29) is 23.6 Å². The van der Waals surface area contributed by atoms with Crippen LogP contribution in [-0.4, -0.2) is 82.4 Å². The maximum Gasteiger partial charge on any atom is 0.501 e. The van der Waals surface area contributed by atoms with Gasteiger partial charge in [0.25, 0.3) is 25.8 Å². The molecule has 2 aromatic heterocycles. The summed E-state index contributed by atoms with van der Waals surface area (Å²) >= 11 is 0. The van der Waals surface area contributed by atoms with E-state index in [2.05, 4.69) is 25.5 Å². The Kier molecular flexibility index (Phi) is 9.33. The Morgan fingerprint density at radius 2 is 1.78 bits per heavy atom. The molecule has 0 aliphatic carbocycles. The van der Waals surface area contributed by atoms with Gasteiger partial charge in [-0.05, 0) is 55.4 Å². The molecule has 1 aliphatic heterocycles. The van der Waals surface area contributed by atoms with Gasteiger partial charge in [0.15, 0.2) is 0 Å². The molecule has 0 radical (unpaired) electrons. The third-order valence-corrected chi connectivity index (χ3v) is 9.85. The van der Waals surface area contributed by atoms with Crippen LogP contribution in [0.5, 0.6) is 11.5 Å². The second-order valence-corrected chi connectivity index (χ2v) is 13.7. The molecule has 4 N–H and O–H groups in total. The van der Waals surface area contributed by atoms with Crippen molar-refractivity contribution in [1.29, 1.82) is 0 Å². The number of alkyl halides is 3. The number of anilines is 1. The van der Waals surface area contributed by atoms with Gasteiger partial charge in [0.1, 0.15) is 22.0 Å². The molecule has 2 aromatic carbocycles. The number of carbonyl (C=O) groups excluding carboxylic acids is 1. The second-order valence-electron chi connectivity index (χ2n) is 10.1. The van der Waals surface area contributed by atoms with Crippen LogP contribution in [-0.2, 0) is 19.9 Å². The van der Waals surface area contributed by atoms with Crippen molar-refractivity contribution in [2.45, 2.75) is 21.7 Å². The molecule has 0 saturated carbocycles. The molecule has 0 bridgehead atoms. The summed E-state index contributed by atoms with van der Waals surface area (Å²) in [6.07, 6.45) is 3.57. The van der Waals surface area contributed by atoms with E-state index < -0.39 is 46.8 Å². The van der Waals surface area contributed by atoms with Crippen LogP contribution >= 0.6 is 0 Å². The maximum absolute atomic E-state index is 13.6. The summed E-state index contributed by atoms with van der Waals surface area (Å²) in [6.45, 7) is 4.02. The monoisotopic (exact) mass is 666 g/mol. The summed E-state index contributed by atoms with van der Waals surface area (Å²) in [5.41, 5.74) is -5.72. The number of sulfonamides is 1. The Morgan fingerprint density at radius 1 is 1.02 bits per heavy atom. The lowest BCUT2D eigenvalue weighted by Crippen LogP contribution is -2.44. The Hall–Kier alpha value is -4.19. The highest BCUT2D eigenvalue weighted by atomic mass is 32.2. The molecule has 1 amide bonds. The van der Waals surface area contributed by atoms with Crippen molar-refractivity contribution in [3.63, 3.8) is 0 Å². The minimum Gasteiger partial charge on any atom is -0.455 e. The number of rotatable bonds is 11. The van der Waals surface area contributed by atoms with E-state index in [1.54, 1.807) is 29.1 Å². The lowest BCUT2D eigenvalue weighted by molar-refractivity contribution is -0.0435. The summed E-state index contributed by atoms with van der Waals surface area (Å²) in [5, 5.41) is 6.62. The van der Waals surface area contributed by atoms with Gasteiger partial charge in [0.05, 0.1) is 22.3 Å². The highest BCUT2D eigenvalue weighted by molar-refractivity contribution is 7.92. The zero-order chi connectivity index (χ0) is 32.2. The van der Waals surface area contributed by atoms with Crippen LogP contribution in [0, 0.1) is 0 Å². The maximum atomic E-state index is 13.6. The molecule has 4 aromatic rings. The number of nitrogens with one attached hydrogen (secondary N) is 4. The molecule has 45 heavy (non-hydrogen) atoms. The highest BCUT2D eigenvalue weighted by Gasteiger charge is 2.48. The predicted molar refractivity (Wildman–Crippen MR) is 159 cm³/mol. The van der Waals surface area contributed by atoms with E-state index in [0.29, 0.717) is 24.7 Å². The Labute approximate surface area is 257 Å². The summed E-state index contributed by atoms with van der Waals surface area (Å²) in [7, 11) is -10.8. The number of hydrogen-bond acceptors (Lipinski definition) is 10. The van der Waals surface area contributed by atoms with Crippen LogP contribution < -0.4 is 20.1 Å². The molecule has 12 nitrogen and oxygen atoms in total. The first kappa shape index (κ1) is 32.2. The number of halogens is 3. The average Bonchev–Trinajstić information content (AvgIpc) is 3.47.